The standard InChI is InChI=1S/C15H14BrN3O4/c1-9-7-11(16)4-5-12(9)18-14(20)8-23-13-6-3-10(2)17-15(13)19(21)22/h3-7H,8H2,1-2H3,(H,18,20). The van der Waals surface area contributed by atoms with Crippen molar-refractivity contribution in [3.05, 3.63) is 56.2 Å². The first kappa shape index (κ1) is 16.9. The number of aryl methyl sites for hydroxylation is 2. The van der Waals surface area contributed by atoms with Crippen molar-refractivity contribution < 1.29 is 14.5 Å². The van der Waals surface area contributed by atoms with Gasteiger partial charge < -0.3 is 20.2 Å². The molecular formula is C15H14BrN3O4. The summed E-state index contributed by atoms with van der Waals surface area (Å²) in [7, 11) is 0. The van der Waals surface area contributed by atoms with Gasteiger partial charge in [-0.3, -0.25) is 4.79 Å². The number of carbonyl (C=O) groups is 1. The van der Waals surface area contributed by atoms with E-state index in [0.717, 1.165) is 10.0 Å². The maximum atomic E-state index is 11.9. The molecule has 0 fully saturated rings. The van der Waals surface area contributed by atoms with Crippen molar-refractivity contribution >= 4 is 33.3 Å². The van der Waals surface area contributed by atoms with Crippen LogP contribution in [0.25, 0.3) is 0 Å². The highest BCUT2D eigenvalue weighted by Crippen LogP contribution is 2.24. The fourth-order valence-corrected chi connectivity index (χ4v) is 2.35. The summed E-state index contributed by atoms with van der Waals surface area (Å²) < 4.78 is 6.13. The molecule has 2 rings (SSSR count). The van der Waals surface area contributed by atoms with E-state index in [4.69, 9.17) is 4.74 Å². The number of hydrogen-bond donors (Lipinski definition) is 1. The summed E-state index contributed by atoms with van der Waals surface area (Å²) in [5.41, 5.74) is 2.04. The molecule has 0 aliphatic rings. The van der Waals surface area contributed by atoms with Crippen LogP contribution in [0.3, 0.4) is 0 Å². The number of nitrogens with zero attached hydrogens (tertiary/aromatic N) is 2. The van der Waals surface area contributed by atoms with Gasteiger partial charge in [0.05, 0.1) is 0 Å². The van der Waals surface area contributed by atoms with Gasteiger partial charge in [0.15, 0.2) is 6.61 Å². The molecule has 0 saturated carbocycles. The van der Waals surface area contributed by atoms with Gasteiger partial charge in [-0.1, -0.05) is 15.9 Å². The van der Waals surface area contributed by atoms with Crippen LogP contribution in [-0.4, -0.2) is 22.4 Å². The topological polar surface area (TPSA) is 94.4 Å². The summed E-state index contributed by atoms with van der Waals surface area (Å²) in [5.74, 6) is -0.855. The summed E-state index contributed by atoms with van der Waals surface area (Å²) in [4.78, 5) is 26.0. The van der Waals surface area contributed by atoms with Crippen LogP contribution in [0.15, 0.2) is 34.8 Å². The molecular weight excluding hydrogens is 366 g/mol. The molecule has 0 radical (unpaired) electrons. The van der Waals surface area contributed by atoms with Gasteiger partial charge in [-0.05, 0) is 52.7 Å². The molecule has 2 aromatic rings. The minimum Gasteiger partial charge on any atom is -0.476 e. The molecule has 0 spiro atoms. The van der Waals surface area contributed by atoms with Crippen LogP contribution in [0, 0.1) is 24.0 Å². The van der Waals surface area contributed by atoms with Gasteiger partial charge >= 0.3 is 5.82 Å². The van der Waals surface area contributed by atoms with Crippen LogP contribution < -0.4 is 10.1 Å². The number of nitro groups is 1. The van der Waals surface area contributed by atoms with E-state index in [1.54, 1.807) is 25.1 Å². The SMILES string of the molecule is Cc1ccc(OCC(=O)Nc2ccc(Br)cc2C)c([N+](=O)[O-])n1. The molecule has 1 amide bonds. The van der Waals surface area contributed by atoms with Crippen molar-refractivity contribution in [1.82, 2.24) is 4.98 Å². The molecule has 0 aliphatic carbocycles. The monoisotopic (exact) mass is 379 g/mol. The number of anilines is 1. The summed E-state index contributed by atoms with van der Waals surface area (Å²) >= 11 is 3.34. The Labute approximate surface area is 141 Å². The Morgan fingerprint density at radius 1 is 1.35 bits per heavy atom. The fraction of sp³-hybridized carbons (Fsp3) is 0.200. The number of benzene rings is 1. The summed E-state index contributed by atoms with van der Waals surface area (Å²) in [6.07, 6.45) is 0. The van der Waals surface area contributed by atoms with Gasteiger partial charge in [0.1, 0.15) is 5.69 Å². The lowest BCUT2D eigenvalue weighted by Crippen LogP contribution is -2.21. The van der Waals surface area contributed by atoms with Gasteiger partial charge in [-0.2, -0.15) is 0 Å². The Bertz CT molecular complexity index is 764. The first-order chi connectivity index (χ1) is 10.9. The van der Waals surface area contributed by atoms with E-state index in [0.29, 0.717) is 11.4 Å². The Hall–Kier alpha value is -2.48. The zero-order chi connectivity index (χ0) is 17.0. The molecule has 8 heteroatoms. The van der Waals surface area contributed by atoms with E-state index in [-0.39, 0.29) is 12.4 Å². The lowest BCUT2D eigenvalue weighted by Gasteiger charge is -2.10. The molecule has 0 saturated heterocycles. The molecule has 7 nitrogen and oxygen atoms in total. The normalized spacial score (nSPS) is 10.2. The minimum absolute atomic E-state index is 0.0386. The number of halogens is 1. The number of hydrogen-bond acceptors (Lipinski definition) is 5. The lowest BCUT2D eigenvalue weighted by molar-refractivity contribution is -0.390. The third-order valence-electron chi connectivity index (χ3n) is 2.97. The van der Waals surface area contributed by atoms with Crippen LogP contribution in [0.1, 0.15) is 11.3 Å². The number of nitrogens with one attached hydrogen (secondary N) is 1. The number of amides is 1. The second-order valence-corrected chi connectivity index (χ2v) is 5.74. The molecule has 1 N–H and O–H groups in total. The molecule has 1 heterocycles. The van der Waals surface area contributed by atoms with Crippen molar-refractivity contribution in [2.45, 2.75) is 13.8 Å². The van der Waals surface area contributed by atoms with E-state index in [1.165, 1.54) is 6.07 Å². The summed E-state index contributed by atoms with van der Waals surface area (Å²) in [5, 5.41) is 13.6. The second-order valence-electron chi connectivity index (χ2n) is 4.83. The highest BCUT2D eigenvalue weighted by atomic mass is 79.9. The zero-order valence-corrected chi connectivity index (χ0v) is 14.1. The van der Waals surface area contributed by atoms with Gasteiger partial charge in [0.25, 0.3) is 5.91 Å². The van der Waals surface area contributed by atoms with E-state index in [2.05, 4.69) is 26.2 Å². The van der Waals surface area contributed by atoms with Crippen molar-refractivity contribution in [1.29, 1.82) is 0 Å². The van der Waals surface area contributed by atoms with Crippen molar-refractivity contribution in [2.24, 2.45) is 0 Å². The van der Waals surface area contributed by atoms with Crippen molar-refractivity contribution in [3.63, 3.8) is 0 Å². The second kappa shape index (κ2) is 7.19. The van der Waals surface area contributed by atoms with Crippen LogP contribution in [0.2, 0.25) is 0 Å². The molecule has 23 heavy (non-hydrogen) atoms. The first-order valence-electron chi connectivity index (χ1n) is 6.67. The summed E-state index contributed by atoms with van der Waals surface area (Å²) in [6.45, 7) is 3.15. The highest BCUT2D eigenvalue weighted by Gasteiger charge is 2.18. The van der Waals surface area contributed by atoms with Gasteiger partial charge in [0.2, 0.25) is 5.75 Å². The zero-order valence-electron chi connectivity index (χ0n) is 12.5. The Morgan fingerprint density at radius 3 is 2.74 bits per heavy atom. The van der Waals surface area contributed by atoms with Gasteiger partial charge in [-0.25, -0.2) is 0 Å². The van der Waals surface area contributed by atoms with Crippen LogP contribution in [-0.2, 0) is 4.79 Å². The Morgan fingerprint density at radius 2 is 2.09 bits per heavy atom. The predicted octanol–water partition coefficient (Wildman–Crippen LogP) is 3.39. The number of carbonyl (C=O) groups excluding carboxylic acids is 1. The number of pyridine rings is 1. The minimum atomic E-state index is -0.640. The van der Waals surface area contributed by atoms with E-state index in [9.17, 15) is 14.9 Å². The largest absolute Gasteiger partial charge is 0.476 e. The fourth-order valence-electron chi connectivity index (χ4n) is 1.87. The molecule has 0 unspecified atom stereocenters. The maximum Gasteiger partial charge on any atom is 0.406 e. The first-order valence-corrected chi connectivity index (χ1v) is 7.47. The smallest absolute Gasteiger partial charge is 0.406 e. The maximum absolute atomic E-state index is 11.9. The molecule has 0 aliphatic heterocycles. The highest BCUT2D eigenvalue weighted by molar-refractivity contribution is 9.10. The molecule has 1 aromatic carbocycles. The van der Waals surface area contributed by atoms with E-state index in [1.807, 2.05) is 13.0 Å². The number of aromatic nitrogens is 1. The predicted molar refractivity (Wildman–Crippen MR) is 88.6 cm³/mol. The molecule has 120 valence electrons. The van der Waals surface area contributed by atoms with Crippen molar-refractivity contribution in [2.75, 3.05) is 11.9 Å². The van der Waals surface area contributed by atoms with Gasteiger partial charge in [-0.15, -0.1) is 0 Å². The molecule has 1 aromatic heterocycles. The average molecular weight is 380 g/mol. The van der Waals surface area contributed by atoms with E-state index >= 15 is 0 Å². The van der Waals surface area contributed by atoms with Crippen LogP contribution in [0.5, 0.6) is 5.75 Å². The van der Waals surface area contributed by atoms with Crippen LogP contribution in [0.4, 0.5) is 11.5 Å². The Kier molecular flexibility index (Phi) is 5.28. The van der Waals surface area contributed by atoms with Crippen molar-refractivity contribution in [3.8, 4) is 5.75 Å². The van der Waals surface area contributed by atoms with Gasteiger partial charge in [0, 0.05) is 17.1 Å². The number of rotatable bonds is 5. The molecule has 0 atom stereocenters. The Balaban J connectivity index is 2.03. The third-order valence-corrected chi connectivity index (χ3v) is 3.47. The van der Waals surface area contributed by atoms with E-state index < -0.39 is 16.6 Å². The lowest BCUT2D eigenvalue weighted by atomic mass is 10.2. The summed E-state index contributed by atoms with van der Waals surface area (Å²) in [6, 6.07) is 8.44. The van der Waals surface area contributed by atoms with Crippen LogP contribution >= 0.6 is 15.9 Å². The average Bonchev–Trinajstić information content (AvgIpc) is 2.48. The number of ether oxygens (including phenoxy) is 1. The quantitative estimate of drug-likeness (QED) is 0.634. The third kappa shape index (κ3) is 4.49. The molecule has 0 bridgehead atoms.